The Hall–Kier alpha value is -0.610. The van der Waals surface area contributed by atoms with Gasteiger partial charge in [-0.3, -0.25) is 9.69 Å². The molecule has 0 radical (unpaired) electrons. The maximum atomic E-state index is 12.5. The Morgan fingerprint density at radius 3 is 2.53 bits per heavy atom. The number of nitrogens with two attached hydrogens (primary N) is 1. The van der Waals surface area contributed by atoms with Crippen LogP contribution in [0.1, 0.15) is 51.9 Å². The molecule has 110 valence electrons. The second-order valence-corrected chi connectivity index (χ2v) is 6.11. The summed E-state index contributed by atoms with van der Waals surface area (Å²) in [5.41, 5.74) is 5.91. The van der Waals surface area contributed by atoms with Crippen LogP contribution in [0.2, 0.25) is 0 Å². The minimum absolute atomic E-state index is 0.337. The number of piperidine rings is 1. The van der Waals surface area contributed by atoms with Gasteiger partial charge in [-0.2, -0.15) is 0 Å². The van der Waals surface area contributed by atoms with Gasteiger partial charge in [0.05, 0.1) is 6.54 Å². The van der Waals surface area contributed by atoms with Gasteiger partial charge in [0, 0.05) is 31.7 Å². The lowest BCUT2D eigenvalue weighted by Gasteiger charge is -2.34. The molecule has 2 heterocycles. The number of rotatable bonds is 3. The SMILES string of the molecule is CCC1CCCCCN1C(=O)CN1CCC(N)CC1. The van der Waals surface area contributed by atoms with Crippen molar-refractivity contribution in [3.8, 4) is 0 Å². The number of nitrogens with zero attached hydrogens (tertiary/aromatic N) is 2. The van der Waals surface area contributed by atoms with Crippen LogP contribution < -0.4 is 5.73 Å². The number of amides is 1. The minimum Gasteiger partial charge on any atom is -0.339 e. The molecule has 1 atom stereocenters. The van der Waals surface area contributed by atoms with E-state index in [2.05, 4.69) is 16.7 Å². The van der Waals surface area contributed by atoms with Crippen LogP contribution in [0.25, 0.3) is 0 Å². The van der Waals surface area contributed by atoms with Gasteiger partial charge in [0.2, 0.25) is 5.91 Å². The van der Waals surface area contributed by atoms with E-state index in [0.717, 1.165) is 38.9 Å². The van der Waals surface area contributed by atoms with E-state index >= 15 is 0 Å². The predicted octanol–water partition coefficient (Wildman–Crippen LogP) is 1.59. The molecule has 4 nitrogen and oxygen atoms in total. The monoisotopic (exact) mass is 267 g/mol. The molecule has 4 heteroatoms. The van der Waals surface area contributed by atoms with Crippen LogP contribution >= 0.6 is 0 Å². The third-order valence-electron chi connectivity index (χ3n) is 4.66. The summed E-state index contributed by atoms with van der Waals surface area (Å²) < 4.78 is 0. The maximum absolute atomic E-state index is 12.5. The number of likely N-dealkylation sites (tertiary alicyclic amines) is 2. The first-order chi connectivity index (χ1) is 9.20. The normalized spacial score (nSPS) is 27.3. The van der Waals surface area contributed by atoms with E-state index in [0.29, 0.717) is 24.5 Å². The van der Waals surface area contributed by atoms with E-state index in [-0.39, 0.29) is 0 Å². The molecule has 19 heavy (non-hydrogen) atoms. The molecule has 0 spiro atoms. The minimum atomic E-state index is 0.337. The summed E-state index contributed by atoms with van der Waals surface area (Å²) in [5.74, 6) is 0.337. The second kappa shape index (κ2) is 7.25. The fourth-order valence-corrected chi connectivity index (χ4v) is 3.32. The van der Waals surface area contributed by atoms with Gasteiger partial charge < -0.3 is 10.6 Å². The molecule has 0 aliphatic carbocycles. The lowest BCUT2D eigenvalue weighted by Crippen LogP contribution is -2.48. The number of carbonyl (C=O) groups is 1. The molecule has 1 unspecified atom stereocenters. The highest BCUT2D eigenvalue weighted by Crippen LogP contribution is 2.20. The summed E-state index contributed by atoms with van der Waals surface area (Å²) in [5, 5.41) is 0. The van der Waals surface area contributed by atoms with Crippen molar-refractivity contribution >= 4 is 5.91 Å². The summed E-state index contributed by atoms with van der Waals surface area (Å²) in [6.07, 6.45) is 8.07. The molecule has 2 N–H and O–H groups in total. The Bertz CT molecular complexity index is 287. The highest BCUT2D eigenvalue weighted by atomic mass is 16.2. The van der Waals surface area contributed by atoms with Crippen LogP contribution in [0.3, 0.4) is 0 Å². The van der Waals surface area contributed by atoms with Crippen molar-refractivity contribution in [2.45, 2.75) is 64.0 Å². The Morgan fingerprint density at radius 2 is 1.84 bits per heavy atom. The second-order valence-electron chi connectivity index (χ2n) is 6.11. The summed E-state index contributed by atoms with van der Waals surface area (Å²) >= 11 is 0. The molecule has 2 fully saturated rings. The van der Waals surface area contributed by atoms with Gasteiger partial charge in [-0.05, 0) is 32.1 Å². The van der Waals surface area contributed by atoms with Gasteiger partial charge in [-0.25, -0.2) is 0 Å². The van der Waals surface area contributed by atoms with Gasteiger partial charge in [0.1, 0.15) is 0 Å². The average molecular weight is 267 g/mol. The fraction of sp³-hybridized carbons (Fsp3) is 0.933. The summed E-state index contributed by atoms with van der Waals surface area (Å²) in [6.45, 7) is 5.74. The Morgan fingerprint density at radius 1 is 1.11 bits per heavy atom. The molecule has 1 amide bonds. The molecule has 0 saturated carbocycles. The molecular formula is C15H29N3O. The Labute approximate surface area is 117 Å². The largest absolute Gasteiger partial charge is 0.339 e. The van der Waals surface area contributed by atoms with Crippen LogP contribution in [-0.4, -0.2) is 54.0 Å². The van der Waals surface area contributed by atoms with E-state index in [1.807, 2.05) is 0 Å². The molecule has 0 aromatic rings. The molecule has 0 bridgehead atoms. The third kappa shape index (κ3) is 4.18. The van der Waals surface area contributed by atoms with E-state index in [4.69, 9.17) is 5.73 Å². The van der Waals surface area contributed by atoms with E-state index in [1.165, 1.54) is 25.7 Å². The van der Waals surface area contributed by atoms with Crippen molar-refractivity contribution in [2.24, 2.45) is 5.73 Å². The van der Waals surface area contributed by atoms with E-state index < -0.39 is 0 Å². The first-order valence-electron chi connectivity index (χ1n) is 7.98. The van der Waals surface area contributed by atoms with E-state index in [1.54, 1.807) is 0 Å². The smallest absolute Gasteiger partial charge is 0.236 e. The molecule has 2 aliphatic rings. The van der Waals surface area contributed by atoms with Crippen LogP contribution in [-0.2, 0) is 4.79 Å². The molecule has 0 aromatic heterocycles. The first-order valence-corrected chi connectivity index (χ1v) is 7.98. The zero-order valence-electron chi connectivity index (χ0n) is 12.3. The standard InChI is InChI=1S/C15H29N3O/c1-2-14-6-4-3-5-9-18(14)15(19)12-17-10-7-13(16)8-11-17/h13-14H,2-12,16H2,1H3. The molecule has 0 aromatic carbocycles. The number of hydrogen-bond acceptors (Lipinski definition) is 3. The summed E-state index contributed by atoms with van der Waals surface area (Å²) in [6, 6.07) is 0.815. The van der Waals surface area contributed by atoms with Crippen LogP contribution in [0.5, 0.6) is 0 Å². The zero-order chi connectivity index (χ0) is 13.7. The molecular weight excluding hydrogens is 238 g/mol. The quantitative estimate of drug-likeness (QED) is 0.845. The van der Waals surface area contributed by atoms with Crippen molar-refractivity contribution in [1.29, 1.82) is 0 Å². The van der Waals surface area contributed by atoms with Crippen LogP contribution in [0, 0.1) is 0 Å². The summed E-state index contributed by atoms with van der Waals surface area (Å²) in [4.78, 5) is 17.0. The van der Waals surface area contributed by atoms with Crippen molar-refractivity contribution in [2.75, 3.05) is 26.2 Å². The number of hydrogen-bond donors (Lipinski definition) is 1. The van der Waals surface area contributed by atoms with Gasteiger partial charge >= 0.3 is 0 Å². The van der Waals surface area contributed by atoms with Crippen LogP contribution in [0.15, 0.2) is 0 Å². The molecule has 2 aliphatic heterocycles. The highest BCUT2D eigenvalue weighted by molar-refractivity contribution is 5.78. The Kier molecular flexibility index (Phi) is 5.64. The third-order valence-corrected chi connectivity index (χ3v) is 4.66. The van der Waals surface area contributed by atoms with E-state index in [9.17, 15) is 4.79 Å². The molecule has 2 rings (SSSR count). The van der Waals surface area contributed by atoms with Gasteiger partial charge in [-0.1, -0.05) is 19.8 Å². The molecule has 2 saturated heterocycles. The van der Waals surface area contributed by atoms with Crippen molar-refractivity contribution in [3.05, 3.63) is 0 Å². The predicted molar refractivity (Wildman–Crippen MR) is 77.9 cm³/mol. The van der Waals surface area contributed by atoms with Crippen LogP contribution in [0.4, 0.5) is 0 Å². The van der Waals surface area contributed by atoms with Crippen molar-refractivity contribution < 1.29 is 4.79 Å². The van der Waals surface area contributed by atoms with Crippen molar-refractivity contribution in [3.63, 3.8) is 0 Å². The maximum Gasteiger partial charge on any atom is 0.236 e. The fourth-order valence-electron chi connectivity index (χ4n) is 3.32. The van der Waals surface area contributed by atoms with Gasteiger partial charge in [0.25, 0.3) is 0 Å². The number of carbonyl (C=O) groups excluding carboxylic acids is 1. The topological polar surface area (TPSA) is 49.6 Å². The average Bonchev–Trinajstić information content (AvgIpc) is 2.66. The Balaban J connectivity index is 1.86. The highest BCUT2D eigenvalue weighted by Gasteiger charge is 2.26. The summed E-state index contributed by atoms with van der Waals surface area (Å²) in [7, 11) is 0. The van der Waals surface area contributed by atoms with Gasteiger partial charge in [0.15, 0.2) is 0 Å². The zero-order valence-corrected chi connectivity index (χ0v) is 12.3. The lowest BCUT2D eigenvalue weighted by molar-refractivity contribution is -0.135. The van der Waals surface area contributed by atoms with Crippen molar-refractivity contribution in [1.82, 2.24) is 9.80 Å². The van der Waals surface area contributed by atoms with Gasteiger partial charge in [-0.15, -0.1) is 0 Å². The first kappa shape index (κ1) is 14.8. The lowest BCUT2D eigenvalue weighted by atomic mass is 10.1.